The van der Waals surface area contributed by atoms with E-state index in [1.807, 2.05) is 19.1 Å². The van der Waals surface area contributed by atoms with Crippen molar-refractivity contribution in [3.05, 3.63) is 35.4 Å². The molecular weight excluding hydrogens is 328 g/mol. The lowest BCUT2D eigenvalue weighted by molar-refractivity contribution is -0.133. The Labute approximate surface area is 142 Å². The van der Waals surface area contributed by atoms with Crippen LogP contribution in [0.5, 0.6) is 0 Å². The van der Waals surface area contributed by atoms with Gasteiger partial charge in [-0.25, -0.2) is 8.42 Å². The molecule has 0 saturated carbocycles. The molecule has 0 radical (unpaired) electrons. The van der Waals surface area contributed by atoms with Gasteiger partial charge in [0.1, 0.15) is 0 Å². The van der Waals surface area contributed by atoms with E-state index in [0.29, 0.717) is 18.7 Å². The second kappa shape index (κ2) is 6.20. The third kappa shape index (κ3) is 3.05. The lowest BCUT2D eigenvalue weighted by Gasteiger charge is -2.43. The highest BCUT2D eigenvalue weighted by Crippen LogP contribution is 2.28. The Bertz CT molecular complexity index is 757. The summed E-state index contributed by atoms with van der Waals surface area (Å²) in [7, 11) is -3.24. The molecular formula is C17H22N2O4S. The van der Waals surface area contributed by atoms with Crippen LogP contribution in [0.2, 0.25) is 0 Å². The Morgan fingerprint density at radius 3 is 2.12 bits per heavy atom. The molecule has 7 heteroatoms. The van der Waals surface area contributed by atoms with Crippen LogP contribution in [0.4, 0.5) is 0 Å². The first-order chi connectivity index (χ1) is 11.3. The van der Waals surface area contributed by atoms with Gasteiger partial charge in [-0.3, -0.25) is 9.59 Å². The fraction of sp³-hybridized carbons (Fsp3) is 0.529. The number of piperazine rings is 1. The zero-order chi connectivity index (χ0) is 17.5. The van der Waals surface area contributed by atoms with Gasteiger partial charge < -0.3 is 9.80 Å². The molecule has 3 rings (SSSR count). The van der Waals surface area contributed by atoms with Crippen molar-refractivity contribution in [2.75, 3.05) is 24.6 Å². The Morgan fingerprint density at radius 1 is 1.04 bits per heavy atom. The molecule has 0 spiro atoms. The number of nitrogens with zero attached hydrogens (tertiary/aromatic N) is 2. The summed E-state index contributed by atoms with van der Waals surface area (Å²) in [4.78, 5) is 27.9. The highest BCUT2D eigenvalue weighted by molar-refractivity contribution is 7.91. The van der Waals surface area contributed by atoms with Crippen molar-refractivity contribution in [1.82, 2.24) is 9.80 Å². The number of benzene rings is 1. The van der Waals surface area contributed by atoms with E-state index in [9.17, 15) is 18.0 Å². The fourth-order valence-electron chi connectivity index (χ4n) is 3.64. The lowest BCUT2D eigenvalue weighted by atomic mass is 10.0. The Balaban J connectivity index is 1.88. The van der Waals surface area contributed by atoms with Gasteiger partial charge in [0.05, 0.1) is 23.6 Å². The minimum atomic E-state index is -3.24. The standard InChI is InChI=1S/C17H22N2O4S/c1-3-13-4-6-14(7-5-13)17(21)19-9-8-18(12(2)20)15-10-24(22,23)11-16(15)19/h4-7,15-16H,3,8-11H2,1-2H3/t15-,16+/m1/s1. The van der Waals surface area contributed by atoms with Crippen molar-refractivity contribution in [2.45, 2.75) is 32.4 Å². The Kier molecular flexibility index (Phi) is 4.38. The number of rotatable bonds is 2. The lowest BCUT2D eigenvalue weighted by Crippen LogP contribution is -2.61. The maximum atomic E-state index is 12.9. The van der Waals surface area contributed by atoms with Gasteiger partial charge in [0.25, 0.3) is 5.91 Å². The van der Waals surface area contributed by atoms with Crippen molar-refractivity contribution in [1.29, 1.82) is 0 Å². The smallest absolute Gasteiger partial charge is 0.254 e. The molecule has 2 fully saturated rings. The molecule has 1 aromatic rings. The van der Waals surface area contributed by atoms with Crippen molar-refractivity contribution < 1.29 is 18.0 Å². The van der Waals surface area contributed by atoms with Crippen LogP contribution < -0.4 is 0 Å². The molecule has 24 heavy (non-hydrogen) atoms. The van der Waals surface area contributed by atoms with Crippen LogP contribution in [0, 0.1) is 0 Å². The second-order valence-electron chi connectivity index (χ2n) is 6.47. The number of fused-ring (bicyclic) bond motifs is 1. The molecule has 0 aromatic heterocycles. The summed E-state index contributed by atoms with van der Waals surface area (Å²) in [6, 6.07) is 6.53. The van der Waals surface area contributed by atoms with E-state index >= 15 is 0 Å². The first-order valence-electron chi connectivity index (χ1n) is 8.20. The Hall–Kier alpha value is -1.89. The van der Waals surface area contributed by atoms with Crippen LogP contribution in [-0.2, 0) is 21.1 Å². The number of amides is 2. The van der Waals surface area contributed by atoms with Gasteiger partial charge >= 0.3 is 0 Å². The molecule has 2 heterocycles. The van der Waals surface area contributed by atoms with Crippen LogP contribution in [0.3, 0.4) is 0 Å². The summed E-state index contributed by atoms with van der Waals surface area (Å²) in [5.41, 5.74) is 1.71. The van der Waals surface area contributed by atoms with E-state index in [2.05, 4.69) is 0 Å². The number of carbonyl (C=O) groups excluding carboxylic acids is 2. The van der Waals surface area contributed by atoms with Crippen molar-refractivity contribution >= 4 is 21.7 Å². The highest BCUT2D eigenvalue weighted by Gasteiger charge is 2.48. The van der Waals surface area contributed by atoms with Gasteiger partial charge in [0.15, 0.2) is 9.84 Å². The molecule has 2 amide bonds. The minimum absolute atomic E-state index is 0.0597. The van der Waals surface area contributed by atoms with Gasteiger partial charge in [-0.1, -0.05) is 19.1 Å². The number of aryl methyl sites for hydroxylation is 1. The topological polar surface area (TPSA) is 74.8 Å². The zero-order valence-corrected chi connectivity index (χ0v) is 14.8. The van der Waals surface area contributed by atoms with Crippen molar-refractivity contribution in [2.24, 2.45) is 0 Å². The molecule has 130 valence electrons. The minimum Gasteiger partial charge on any atom is -0.335 e. The average Bonchev–Trinajstić information content (AvgIpc) is 2.87. The summed E-state index contributed by atoms with van der Waals surface area (Å²) in [6.45, 7) is 4.24. The molecule has 0 aliphatic carbocycles. The molecule has 1 aromatic carbocycles. The normalized spacial score (nSPS) is 25.4. The van der Waals surface area contributed by atoms with E-state index in [4.69, 9.17) is 0 Å². The monoisotopic (exact) mass is 350 g/mol. The highest BCUT2D eigenvalue weighted by atomic mass is 32.2. The maximum Gasteiger partial charge on any atom is 0.254 e. The molecule has 0 unspecified atom stereocenters. The molecule has 0 N–H and O–H groups in total. The second-order valence-corrected chi connectivity index (χ2v) is 8.63. The van der Waals surface area contributed by atoms with Crippen LogP contribution >= 0.6 is 0 Å². The van der Waals surface area contributed by atoms with Crippen molar-refractivity contribution in [3.63, 3.8) is 0 Å². The third-order valence-electron chi connectivity index (χ3n) is 4.95. The average molecular weight is 350 g/mol. The maximum absolute atomic E-state index is 12.9. The zero-order valence-electron chi connectivity index (χ0n) is 13.9. The first-order valence-corrected chi connectivity index (χ1v) is 10.0. The van der Waals surface area contributed by atoms with Crippen LogP contribution in [0.1, 0.15) is 29.8 Å². The molecule has 2 saturated heterocycles. The molecule has 6 nitrogen and oxygen atoms in total. The summed E-state index contributed by atoms with van der Waals surface area (Å²) < 4.78 is 24.2. The van der Waals surface area contributed by atoms with E-state index in [1.165, 1.54) is 6.92 Å². The first kappa shape index (κ1) is 17.0. The van der Waals surface area contributed by atoms with Gasteiger partial charge in [-0.15, -0.1) is 0 Å². The summed E-state index contributed by atoms with van der Waals surface area (Å²) >= 11 is 0. The fourth-order valence-corrected chi connectivity index (χ4v) is 5.63. The van der Waals surface area contributed by atoms with E-state index in [0.717, 1.165) is 12.0 Å². The van der Waals surface area contributed by atoms with Crippen LogP contribution in [0.25, 0.3) is 0 Å². The van der Waals surface area contributed by atoms with E-state index in [1.54, 1.807) is 21.9 Å². The molecule has 2 aliphatic heterocycles. The summed E-state index contributed by atoms with van der Waals surface area (Å²) in [6.07, 6.45) is 0.898. The summed E-state index contributed by atoms with van der Waals surface area (Å²) in [5.74, 6) is -0.426. The molecule has 2 atom stereocenters. The Morgan fingerprint density at radius 2 is 1.58 bits per heavy atom. The summed E-state index contributed by atoms with van der Waals surface area (Å²) in [5, 5.41) is 0. The van der Waals surface area contributed by atoms with Gasteiger partial charge in [-0.05, 0) is 24.1 Å². The van der Waals surface area contributed by atoms with Crippen molar-refractivity contribution in [3.8, 4) is 0 Å². The predicted molar refractivity (Wildman–Crippen MR) is 90.5 cm³/mol. The SMILES string of the molecule is CCc1ccc(C(=O)N2CCN(C(C)=O)[C@@H]3CS(=O)(=O)C[C@@H]32)cc1. The number of sulfone groups is 1. The number of carbonyl (C=O) groups is 2. The number of hydrogen-bond donors (Lipinski definition) is 0. The molecule has 0 bridgehead atoms. The third-order valence-corrected chi connectivity index (χ3v) is 6.65. The van der Waals surface area contributed by atoms with Crippen LogP contribution in [-0.4, -0.2) is 66.7 Å². The quantitative estimate of drug-likeness (QED) is 0.788. The van der Waals surface area contributed by atoms with Gasteiger partial charge in [0.2, 0.25) is 5.91 Å². The van der Waals surface area contributed by atoms with Crippen LogP contribution in [0.15, 0.2) is 24.3 Å². The van der Waals surface area contributed by atoms with Gasteiger partial charge in [0, 0.05) is 25.6 Å². The predicted octanol–water partition coefficient (Wildman–Crippen LogP) is 0.719. The largest absolute Gasteiger partial charge is 0.335 e. The van der Waals surface area contributed by atoms with E-state index < -0.39 is 21.9 Å². The van der Waals surface area contributed by atoms with E-state index in [-0.39, 0.29) is 23.3 Å². The van der Waals surface area contributed by atoms with Gasteiger partial charge in [-0.2, -0.15) is 0 Å². The number of hydrogen-bond acceptors (Lipinski definition) is 4. The molecule has 2 aliphatic rings.